The number of aryl methyl sites for hydroxylation is 1. The molecule has 0 fully saturated rings. The first kappa shape index (κ1) is 19.0. The monoisotopic (exact) mass is 430 g/mol. The van der Waals surface area contributed by atoms with Crippen molar-refractivity contribution in [1.29, 1.82) is 0 Å². The highest BCUT2D eigenvalue weighted by atomic mass is 79.9. The predicted molar refractivity (Wildman–Crippen MR) is 101 cm³/mol. The molecular weight excluding hydrogens is 415 g/mol. The van der Waals surface area contributed by atoms with Crippen LogP contribution in [0.15, 0.2) is 65.5 Å². The summed E-state index contributed by atoms with van der Waals surface area (Å²) in [4.78, 5) is 20.2. The second-order valence-electron chi connectivity index (χ2n) is 5.66. The van der Waals surface area contributed by atoms with E-state index in [1.165, 1.54) is 24.4 Å². The van der Waals surface area contributed by atoms with E-state index in [9.17, 15) is 9.18 Å². The third kappa shape index (κ3) is 5.59. The van der Waals surface area contributed by atoms with E-state index in [0.717, 1.165) is 12.0 Å². The van der Waals surface area contributed by atoms with Crippen molar-refractivity contribution in [3.05, 3.63) is 82.5 Å². The highest BCUT2D eigenvalue weighted by molar-refractivity contribution is 9.10. The highest BCUT2D eigenvalue weighted by Crippen LogP contribution is 2.29. The molecule has 2 aromatic heterocycles. The van der Waals surface area contributed by atoms with Crippen LogP contribution in [0.3, 0.4) is 0 Å². The standard InChI is InChI=1S/C20H16BrFN2O3/c21-17-11-16(22)6-7-18(17)27-19-8-5-15(13-24-19)20(25)26-10-2-4-14-3-1-9-23-12-14/h1,3,5-9,11-13H,2,4,10H2. The first-order chi connectivity index (χ1) is 13.1. The van der Waals surface area contributed by atoms with Gasteiger partial charge < -0.3 is 9.47 Å². The van der Waals surface area contributed by atoms with Gasteiger partial charge in [0, 0.05) is 24.7 Å². The second kappa shape index (κ2) is 9.23. The summed E-state index contributed by atoms with van der Waals surface area (Å²) in [5, 5.41) is 0. The van der Waals surface area contributed by atoms with E-state index in [-0.39, 0.29) is 11.7 Å². The largest absolute Gasteiger partial charge is 0.462 e. The van der Waals surface area contributed by atoms with Gasteiger partial charge >= 0.3 is 5.97 Å². The number of nitrogens with zero attached hydrogens (tertiary/aromatic N) is 2. The number of ether oxygens (including phenoxy) is 2. The molecule has 2 heterocycles. The zero-order valence-electron chi connectivity index (χ0n) is 14.3. The predicted octanol–water partition coefficient (Wildman–Crippen LogP) is 4.96. The zero-order valence-corrected chi connectivity index (χ0v) is 15.9. The number of esters is 1. The summed E-state index contributed by atoms with van der Waals surface area (Å²) in [6.45, 7) is 0.314. The SMILES string of the molecule is O=C(OCCCc1cccnc1)c1ccc(Oc2ccc(F)cc2Br)nc1. The summed E-state index contributed by atoms with van der Waals surface area (Å²) < 4.78 is 24.4. The van der Waals surface area contributed by atoms with Crippen LogP contribution >= 0.6 is 15.9 Å². The summed E-state index contributed by atoms with van der Waals surface area (Å²) in [6.07, 6.45) is 6.40. The van der Waals surface area contributed by atoms with E-state index in [2.05, 4.69) is 25.9 Å². The fourth-order valence-corrected chi connectivity index (χ4v) is 2.73. The molecule has 0 amide bonds. The molecule has 0 spiro atoms. The smallest absolute Gasteiger partial charge is 0.339 e. The van der Waals surface area contributed by atoms with Crippen molar-refractivity contribution in [2.24, 2.45) is 0 Å². The Kier molecular flexibility index (Phi) is 6.49. The van der Waals surface area contributed by atoms with Crippen LogP contribution in [-0.4, -0.2) is 22.5 Å². The summed E-state index contributed by atoms with van der Waals surface area (Å²) in [6, 6.07) is 11.1. The van der Waals surface area contributed by atoms with Crippen LogP contribution in [0.5, 0.6) is 11.6 Å². The van der Waals surface area contributed by atoms with Crippen molar-refractivity contribution in [1.82, 2.24) is 9.97 Å². The molecule has 7 heteroatoms. The highest BCUT2D eigenvalue weighted by Gasteiger charge is 2.10. The topological polar surface area (TPSA) is 61.3 Å². The van der Waals surface area contributed by atoms with Crippen LogP contribution in [0, 0.1) is 5.82 Å². The average molecular weight is 431 g/mol. The maximum atomic E-state index is 13.1. The zero-order chi connectivity index (χ0) is 19.1. The Morgan fingerprint density at radius 3 is 2.74 bits per heavy atom. The number of hydrogen-bond donors (Lipinski definition) is 0. The maximum absolute atomic E-state index is 13.1. The molecule has 27 heavy (non-hydrogen) atoms. The molecule has 0 saturated heterocycles. The number of benzene rings is 1. The van der Waals surface area contributed by atoms with Gasteiger partial charge in [-0.15, -0.1) is 0 Å². The molecule has 0 saturated carbocycles. The normalized spacial score (nSPS) is 10.4. The maximum Gasteiger partial charge on any atom is 0.339 e. The summed E-state index contributed by atoms with van der Waals surface area (Å²) >= 11 is 3.22. The first-order valence-corrected chi connectivity index (χ1v) is 9.06. The molecule has 3 aromatic rings. The number of carbonyl (C=O) groups excluding carboxylic acids is 1. The molecule has 3 rings (SSSR count). The van der Waals surface area contributed by atoms with E-state index in [0.29, 0.717) is 28.8 Å². The number of hydrogen-bond acceptors (Lipinski definition) is 5. The van der Waals surface area contributed by atoms with Crippen LogP contribution in [0.1, 0.15) is 22.3 Å². The molecule has 0 aliphatic heterocycles. The lowest BCUT2D eigenvalue weighted by Crippen LogP contribution is -2.07. The van der Waals surface area contributed by atoms with Crippen LogP contribution in [-0.2, 0) is 11.2 Å². The Hall–Kier alpha value is -2.80. The Morgan fingerprint density at radius 1 is 1.15 bits per heavy atom. The molecule has 0 radical (unpaired) electrons. The molecular formula is C20H16BrFN2O3. The van der Waals surface area contributed by atoms with Gasteiger partial charge in [0.25, 0.3) is 0 Å². The Bertz CT molecular complexity index is 905. The fraction of sp³-hybridized carbons (Fsp3) is 0.150. The van der Waals surface area contributed by atoms with E-state index in [1.54, 1.807) is 24.5 Å². The molecule has 138 valence electrons. The summed E-state index contributed by atoms with van der Waals surface area (Å²) in [7, 11) is 0. The van der Waals surface area contributed by atoms with Crippen LogP contribution in [0.2, 0.25) is 0 Å². The Balaban J connectivity index is 1.49. The van der Waals surface area contributed by atoms with Crippen molar-refractivity contribution in [2.45, 2.75) is 12.8 Å². The van der Waals surface area contributed by atoms with Gasteiger partial charge in [-0.2, -0.15) is 0 Å². The minimum atomic E-state index is -0.441. The molecule has 1 aromatic carbocycles. The van der Waals surface area contributed by atoms with Gasteiger partial charge in [-0.3, -0.25) is 4.98 Å². The number of rotatable bonds is 7. The van der Waals surface area contributed by atoms with Gasteiger partial charge in [0.15, 0.2) is 0 Å². The minimum absolute atomic E-state index is 0.287. The lowest BCUT2D eigenvalue weighted by atomic mass is 10.2. The lowest BCUT2D eigenvalue weighted by molar-refractivity contribution is 0.0500. The van der Waals surface area contributed by atoms with Crippen molar-refractivity contribution >= 4 is 21.9 Å². The van der Waals surface area contributed by atoms with Gasteiger partial charge in [0.05, 0.1) is 16.6 Å². The Labute approximate surface area is 164 Å². The molecule has 0 aliphatic carbocycles. The quantitative estimate of drug-likeness (QED) is 0.391. The third-order valence-electron chi connectivity index (χ3n) is 3.65. The van der Waals surface area contributed by atoms with Crippen molar-refractivity contribution in [3.63, 3.8) is 0 Å². The van der Waals surface area contributed by atoms with Crippen LogP contribution in [0.4, 0.5) is 4.39 Å². The van der Waals surface area contributed by atoms with Crippen molar-refractivity contribution in [3.8, 4) is 11.6 Å². The van der Waals surface area contributed by atoms with Gasteiger partial charge in [-0.1, -0.05) is 6.07 Å². The van der Waals surface area contributed by atoms with E-state index in [4.69, 9.17) is 9.47 Å². The van der Waals surface area contributed by atoms with Gasteiger partial charge in [0.1, 0.15) is 11.6 Å². The molecule has 0 bridgehead atoms. The van der Waals surface area contributed by atoms with Crippen molar-refractivity contribution < 1.29 is 18.7 Å². The number of halogens is 2. The fourth-order valence-electron chi connectivity index (χ4n) is 2.30. The molecule has 0 atom stereocenters. The number of carbonyl (C=O) groups is 1. The number of pyridine rings is 2. The van der Waals surface area contributed by atoms with E-state index < -0.39 is 5.97 Å². The van der Waals surface area contributed by atoms with Crippen molar-refractivity contribution in [2.75, 3.05) is 6.61 Å². The molecule has 0 aliphatic rings. The first-order valence-electron chi connectivity index (χ1n) is 8.27. The summed E-state index contributed by atoms with van der Waals surface area (Å²) in [5.74, 6) is -0.0999. The third-order valence-corrected chi connectivity index (χ3v) is 4.27. The van der Waals surface area contributed by atoms with E-state index in [1.807, 2.05) is 12.1 Å². The van der Waals surface area contributed by atoms with Gasteiger partial charge in [0.2, 0.25) is 5.88 Å². The van der Waals surface area contributed by atoms with E-state index >= 15 is 0 Å². The lowest BCUT2D eigenvalue weighted by Gasteiger charge is -2.08. The van der Waals surface area contributed by atoms with Gasteiger partial charge in [-0.25, -0.2) is 14.2 Å². The minimum Gasteiger partial charge on any atom is -0.462 e. The number of aromatic nitrogens is 2. The molecule has 5 nitrogen and oxygen atoms in total. The molecule has 0 unspecified atom stereocenters. The van der Waals surface area contributed by atoms with Crippen LogP contribution in [0.25, 0.3) is 0 Å². The summed E-state index contributed by atoms with van der Waals surface area (Å²) in [5.41, 5.74) is 1.44. The Morgan fingerprint density at radius 2 is 2.04 bits per heavy atom. The average Bonchev–Trinajstić information content (AvgIpc) is 2.69. The molecule has 0 N–H and O–H groups in total. The van der Waals surface area contributed by atoms with Gasteiger partial charge in [-0.05, 0) is 64.7 Å². The second-order valence-corrected chi connectivity index (χ2v) is 6.52. The van der Waals surface area contributed by atoms with Crippen LogP contribution < -0.4 is 4.74 Å².